The Bertz CT molecular complexity index is 3200. The van der Waals surface area contributed by atoms with Gasteiger partial charge in [0.25, 0.3) is 0 Å². The minimum absolute atomic E-state index is 1.11. The summed E-state index contributed by atoms with van der Waals surface area (Å²) in [4.78, 5) is 2.41. The van der Waals surface area contributed by atoms with Crippen molar-refractivity contribution in [2.45, 2.75) is 0 Å². The molecule has 3 heteroatoms. The molecule has 0 bridgehead atoms. The van der Waals surface area contributed by atoms with E-state index in [2.05, 4.69) is 205 Å². The third kappa shape index (κ3) is 5.51. The Balaban J connectivity index is 1.04. The van der Waals surface area contributed by atoms with Crippen LogP contribution >= 0.6 is 22.7 Å². The molecule has 258 valence electrons. The van der Waals surface area contributed by atoms with Crippen LogP contribution in [0.25, 0.3) is 84.5 Å². The molecule has 0 aliphatic rings. The van der Waals surface area contributed by atoms with Crippen molar-refractivity contribution >= 4 is 90.9 Å². The molecular weight excluding hydrogens is 703 g/mol. The lowest BCUT2D eigenvalue weighted by atomic mass is 9.97. The van der Waals surface area contributed by atoms with Gasteiger partial charge in [-0.05, 0) is 105 Å². The summed E-state index contributed by atoms with van der Waals surface area (Å²) >= 11 is 3.72. The summed E-state index contributed by atoms with van der Waals surface area (Å²) in [5.41, 5.74) is 10.6. The van der Waals surface area contributed by atoms with Crippen LogP contribution in [0, 0.1) is 0 Å². The van der Waals surface area contributed by atoms with Crippen molar-refractivity contribution < 1.29 is 0 Å². The Hall–Kier alpha value is -6.52. The maximum absolute atomic E-state index is 2.41. The number of rotatable bonds is 6. The van der Waals surface area contributed by atoms with E-state index in [1.54, 1.807) is 0 Å². The molecule has 11 aromatic rings. The van der Waals surface area contributed by atoms with Crippen molar-refractivity contribution in [2.24, 2.45) is 0 Å². The smallest absolute Gasteiger partial charge is 0.0540 e. The molecular formula is C52H33NS2. The molecule has 0 aliphatic heterocycles. The molecule has 0 saturated carbocycles. The van der Waals surface area contributed by atoms with Crippen molar-refractivity contribution in [1.82, 2.24) is 0 Å². The van der Waals surface area contributed by atoms with E-state index in [0.29, 0.717) is 0 Å². The topological polar surface area (TPSA) is 3.24 Å². The van der Waals surface area contributed by atoms with E-state index in [9.17, 15) is 0 Å². The van der Waals surface area contributed by atoms with Gasteiger partial charge in [-0.2, -0.15) is 0 Å². The van der Waals surface area contributed by atoms with Crippen LogP contribution in [0.5, 0.6) is 0 Å². The number of thiophene rings is 2. The van der Waals surface area contributed by atoms with Crippen molar-refractivity contribution in [3.63, 3.8) is 0 Å². The van der Waals surface area contributed by atoms with Gasteiger partial charge in [-0.15, -0.1) is 22.7 Å². The highest BCUT2D eigenvalue weighted by Gasteiger charge is 2.19. The molecule has 0 spiro atoms. The van der Waals surface area contributed by atoms with Crippen LogP contribution in [0.2, 0.25) is 0 Å². The van der Waals surface area contributed by atoms with Gasteiger partial charge in [0, 0.05) is 57.3 Å². The van der Waals surface area contributed by atoms with Gasteiger partial charge < -0.3 is 4.90 Å². The first-order valence-electron chi connectivity index (χ1n) is 18.7. The maximum atomic E-state index is 2.41. The van der Waals surface area contributed by atoms with E-state index < -0.39 is 0 Å². The van der Waals surface area contributed by atoms with Gasteiger partial charge in [0.2, 0.25) is 0 Å². The normalized spacial score (nSPS) is 11.6. The first kappa shape index (κ1) is 32.0. The Labute approximate surface area is 327 Å². The summed E-state index contributed by atoms with van der Waals surface area (Å²) < 4.78 is 5.29. The van der Waals surface area contributed by atoms with Crippen LogP contribution in [-0.4, -0.2) is 0 Å². The van der Waals surface area contributed by atoms with E-state index in [4.69, 9.17) is 0 Å². The lowest BCUT2D eigenvalue weighted by Gasteiger charge is -2.28. The minimum atomic E-state index is 1.11. The Morgan fingerprint density at radius 2 is 0.764 bits per heavy atom. The molecule has 0 amide bonds. The second-order valence-electron chi connectivity index (χ2n) is 14.1. The average Bonchev–Trinajstić information content (AvgIpc) is 3.82. The fourth-order valence-electron chi connectivity index (χ4n) is 8.21. The summed E-state index contributed by atoms with van der Waals surface area (Å²) in [6.07, 6.45) is 0. The summed E-state index contributed by atoms with van der Waals surface area (Å²) in [5, 5.41) is 7.77. The largest absolute Gasteiger partial charge is 0.310 e. The lowest BCUT2D eigenvalue weighted by molar-refractivity contribution is 1.28. The number of para-hydroxylation sites is 1. The minimum Gasteiger partial charge on any atom is -0.310 e. The standard InChI is InChI=1S/C52H33NS2/c1-2-12-41-35(10-1)11-9-16-42(41)36-22-28-40(29-23-36)53(39-26-20-34(21-27-39)37-24-30-51-46(32-37)44-14-4-7-18-49(44)54-51)48-17-6-3-13-43(48)38-25-31-52-47(33-38)45-15-5-8-19-50(45)55-52/h1-33H. The van der Waals surface area contributed by atoms with E-state index in [0.717, 1.165) is 17.1 Å². The molecule has 9 aromatic carbocycles. The first-order valence-corrected chi connectivity index (χ1v) is 20.3. The number of hydrogen-bond donors (Lipinski definition) is 0. The molecule has 0 fully saturated rings. The van der Waals surface area contributed by atoms with E-state index in [1.165, 1.54) is 84.5 Å². The van der Waals surface area contributed by atoms with Crippen LogP contribution in [0.4, 0.5) is 17.1 Å². The molecule has 55 heavy (non-hydrogen) atoms. The number of nitrogens with zero attached hydrogens (tertiary/aromatic N) is 1. The van der Waals surface area contributed by atoms with Crippen molar-refractivity contribution in [3.8, 4) is 33.4 Å². The summed E-state index contributed by atoms with van der Waals surface area (Å²) in [5.74, 6) is 0. The van der Waals surface area contributed by atoms with Crippen LogP contribution in [0.1, 0.15) is 0 Å². The fourth-order valence-corrected chi connectivity index (χ4v) is 10.4. The summed E-state index contributed by atoms with van der Waals surface area (Å²) in [6, 6.07) is 73.5. The zero-order valence-electron chi connectivity index (χ0n) is 29.8. The number of anilines is 3. The second-order valence-corrected chi connectivity index (χ2v) is 16.3. The molecule has 2 aromatic heterocycles. The molecule has 0 N–H and O–H groups in total. The van der Waals surface area contributed by atoms with Gasteiger partial charge in [-0.25, -0.2) is 0 Å². The van der Waals surface area contributed by atoms with Gasteiger partial charge in [0.15, 0.2) is 0 Å². The maximum Gasteiger partial charge on any atom is 0.0540 e. The highest BCUT2D eigenvalue weighted by Crippen LogP contribution is 2.44. The Morgan fingerprint density at radius 1 is 0.291 bits per heavy atom. The predicted molar refractivity (Wildman–Crippen MR) is 241 cm³/mol. The van der Waals surface area contributed by atoms with Gasteiger partial charge in [-0.3, -0.25) is 0 Å². The molecule has 1 nitrogen and oxygen atoms in total. The van der Waals surface area contributed by atoms with Crippen LogP contribution in [0.15, 0.2) is 200 Å². The highest BCUT2D eigenvalue weighted by molar-refractivity contribution is 7.26. The van der Waals surface area contributed by atoms with Crippen LogP contribution in [-0.2, 0) is 0 Å². The van der Waals surface area contributed by atoms with Crippen molar-refractivity contribution in [3.05, 3.63) is 200 Å². The van der Waals surface area contributed by atoms with Gasteiger partial charge in [-0.1, -0.05) is 133 Å². The van der Waals surface area contributed by atoms with Crippen LogP contribution < -0.4 is 4.90 Å². The SMILES string of the molecule is c1ccc(N(c2ccc(-c3ccc4sc5ccccc5c4c3)cc2)c2ccc(-c3cccc4ccccc34)cc2)c(-c2ccc3sc4ccccc4c3c2)c1. The molecule has 0 aliphatic carbocycles. The van der Waals surface area contributed by atoms with E-state index in [1.807, 2.05) is 22.7 Å². The Kier molecular flexibility index (Phi) is 7.61. The number of benzene rings is 9. The molecule has 2 heterocycles. The zero-order chi connectivity index (χ0) is 36.3. The van der Waals surface area contributed by atoms with Crippen LogP contribution in [0.3, 0.4) is 0 Å². The first-order chi connectivity index (χ1) is 27.2. The van der Waals surface area contributed by atoms with E-state index >= 15 is 0 Å². The molecule has 0 saturated heterocycles. The third-order valence-electron chi connectivity index (χ3n) is 10.9. The van der Waals surface area contributed by atoms with Gasteiger partial charge in [0.1, 0.15) is 0 Å². The van der Waals surface area contributed by atoms with E-state index in [-0.39, 0.29) is 0 Å². The zero-order valence-corrected chi connectivity index (χ0v) is 31.4. The molecule has 11 rings (SSSR count). The fraction of sp³-hybridized carbons (Fsp3) is 0. The van der Waals surface area contributed by atoms with Crippen molar-refractivity contribution in [2.75, 3.05) is 4.90 Å². The average molecular weight is 736 g/mol. The molecule has 0 unspecified atom stereocenters. The predicted octanol–water partition coefficient (Wildman–Crippen LogP) is 16.0. The van der Waals surface area contributed by atoms with Gasteiger partial charge >= 0.3 is 0 Å². The number of fused-ring (bicyclic) bond motifs is 7. The number of hydrogen-bond acceptors (Lipinski definition) is 3. The van der Waals surface area contributed by atoms with Gasteiger partial charge in [0.05, 0.1) is 5.69 Å². The molecule has 0 atom stereocenters. The quantitative estimate of drug-likeness (QED) is 0.164. The third-order valence-corrected chi connectivity index (χ3v) is 13.2. The summed E-state index contributed by atoms with van der Waals surface area (Å²) in [6.45, 7) is 0. The summed E-state index contributed by atoms with van der Waals surface area (Å²) in [7, 11) is 0. The monoisotopic (exact) mass is 735 g/mol. The molecule has 0 radical (unpaired) electrons. The Morgan fingerprint density at radius 3 is 1.45 bits per heavy atom. The highest BCUT2D eigenvalue weighted by atomic mass is 32.1. The second kappa shape index (κ2) is 13.1. The van der Waals surface area contributed by atoms with Crippen molar-refractivity contribution in [1.29, 1.82) is 0 Å². The lowest BCUT2D eigenvalue weighted by Crippen LogP contribution is -2.11.